The molecule has 1 unspecified atom stereocenters. The van der Waals surface area contributed by atoms with Crippen molar-refractivity contribution in [2.75, 3.05) is 0 Å². The average molecular weight is 278 g/mol. The summed E-state index contributed by atoms with van der Waals surface area (Å²) in [5, 5.41) is 3.06. The molecule has 2 aliphatic rings. The molecule has 3 nitrogen and oxygen atoms in total. The smallest absolute Gasteiger partial charge is 0.234 e. The van der Waals surface area contributed by atoms with Gasteiger partial charge in [-0.05, 0) is 35.8 Å². The zero-order valence-electron chi connectivity index (χ0n) is 10.8. The number of carbonyl (C=O) groups is 2. The van der Waals surface area contributed by atoms with Crippen molar-refractivity contribution in [1.29, 1.82) is 0 Å². The molecular weight excluding hydrogens is 262 g/mol. The van der Waals surface area contributed by atoms with Gasteiger partial charge in [-0.3, -0.25) is 14.9 Å². The van der Waals surface area contributed by atoms with Crippen LogP contribution in [-0.4, -0.2) is 11.8 Å². The summed E-state index contributed by atoms with van der Waals surface area (Å²) < 4.78 is 0. The average Bonchev–Trinajstić information content (AvgIpc) is 2.28. The Morgan fingerprint density at radius 2 is 1.95 bits per heavy atom. The monoisotopic (exact) mass is 277 g/mol. The third-order valence-electron chi connectivity index (χ3n) is 4.38. The summed E-state index contributed by atoms with van der Waals surface area (Å²) in [5.41, 5.74) is 0.630. The van der Waals surface area contributed by atoms with Crippen LogP contribution in [-0.2, 0) is 9.59 Å². The van der Waals surface area contributed by atoms with Crippen LogP contribution in [0.5, 0.6) is 0 Å². The van der Waals surface area contributed by atoms with Gasteiger partial charge in [0, 0.05) is 11.4 Å². The van der Waals surface area contributed by atoms with Crippen molar-refractivity contribution in [2.45, 2.75) is 32.1 Å². The van der Waals surface area contributed by atoms with Gasteiger partial charge < -0.3 is 0 Å². The molecule has 1 aromatic carbocycles. The first-order chi connectivity index (χ1) is 9.02. The van der Waals surface area contributed by atoms with Crippen LogP contribution in [0.1, 0.15) is 37.7 Å². The summed E-state index contributed by atoms with van der Waals surface area (Å²) in [4.78, 5) is 24.0. The van der Waals surface area contributed by atoms with Crippen molar-refractivity contribution in [1.82, 2.24) is 5.32 Å². The van der Waals surface area contributed by atoms with Gasteiger partial charge in [-0.25, -0.2) is 0 Å². The van der Waals surface area contributed by atoms with Gasteiger partial charge in [0.1, 0.15) is 0 Å². The molecule has 0 bridgehead atoms. The molecule has 1 aromatic rings. The van der Waals surface area contributed by atoms with Gasteiger partial charge in [0.15, 0.2) is 0 Å². The number of hydrogen-bond donors (Lipinski definition) is 1. The van der Waals surface area contributed by atoms with Crippen molar-refractivity contribution in [2.24, 2.45) is 11.3 Å². The van der Waals surface area contributed by atoms with E-state index in [4.69, 9.17) is 11.6 Å². The predicted molar refractivity (Wildman–Crippen MR) is 72.8 cm³/mol. The van der Waals surface area contributed by atoms with Gasteiger partial charge >= 0.3 is 0 Å². The van der Waals surface area contributed by atoms with Crippen LogP contribution < -0.4 is 5.32 Å². The Labute approximate surface area is 117 Å². The number of carbonyl (C=O) groups excluding carboxylic acids is 2. The largest absolute Gasteiger partial charge is 0.296 e. The molecule has 4 heteroatoms. The Hall–Kier alpha value is -1.35. The highest BCUT2D eigenvalue weighted by atomic mass is 35.5. The van der Waals surface area contributed by atoms with Gasteiger partial charge in [0.25, 0.3) is 0 Å². The molecule has 1 aliphatic heterocycles. The van der Waals surface area contributed by atoms with Gasteiger partial charge in [-0.15, -0.1) is 0 Å². The summed E-state index contributed by atoms with van der Waals surface area (Å²) in [7, 11) is 0. The summed E-state index contributed by atoms with van der Waals surface area (Å²) in [6.07, 6.45) is 2.27. The Morgan fingerprint density at radius 3 is 2.58 bits per heavy atom. The molecule has 1 spiro atoms. The molecule has 1 aliphatic carbocycles. The molecule has 3 rings (SSSR count). The molecule has 1 saturated heterocycles. The van der Waals surface area contributed by atoms with Crippen LogP contribution >= 0.6 is 11.6 Å². The van der Waals surface area contributed by atoms with E-state index in [-0.39, 0.29) is 23.1 Å². The van der Waals surface area contributed by atoms with Gasteiger partial charge in [-0.1, -0.05) is 36.7 Å². The minimum absolute atomic E-state index is 0.153. The van der Waals surface area contributed by atoms with E-state index in [0.717, 1.165) is 18.4 Å². The maximum Gasteiger partial charge on any atom is 0.234 e. The molecule has 1 N–H and O–H groups in total. The van der Waals surface area contributed by atoms with Gasteiger partial charge in [0.05, 0.1) is 5.92 Å². The Morgan fingerprint density at radius 1 is 1.26 bits per heavy atom. The number of piperidine rings is 1. The molecular formula is C15H16ClNO2. The quantitative estimate of drug-likeness (QED) is 0.803. The SMILES string of the molecule is CC1CC2(CC(=O)NC(=O)C2c2ccccc2Cl)C1. The maximum absolute atomic E-state index is 12.3. The topological polar surface area (TPSA) is 46.2 Å². The van der Waals surface area contributed by atoms with Gasteiger partial charge in [0.2, 0.25) is 11.8 Å². The van der Waals surface area contributed by atoms with Crippen LogP contribution in [0, 0.1) is 11.3 Å². The molecule has 2 fully saturated rings. The first-order valence-corrected chi connectivity index (χ1v) is 6.98. The Bertz CT molecular complexity index is 549. The predicted octanol–water partition coefficient (Wildman–Crippen LogP) is 2.89. The molecule has 0 aromatic heterocycles. The summed E-state index contributed by atoms with van der Waals surface area (Å²) in [6, 6.07) is 7.44. The fourth-order valence-corrected chi connectivity index (χ4v) is 4.09. The third-order valence-corrected chi connectivity index (χ3v) is 4.72. The second-order valence-electron chi connectivity index (χ2n) is 5.92. The van der Waals surface area contributed by atoms with E-state index < -0.39 is 0 Å². The van der Waals surface area contributed by atoms with Crippen LogP contribution in [0.15, 0.2) is 24.3 Å². The summed E-state index contributed by atoms with van der Waals surface area (Å²) in [6.45, 7) is 2.16. The second kappa shape index (κ2) is 4.34. The Kier molecular flexibility index (Phi) is 2.90. The highest BCUT2D eigenvalue weighted by molar-refractivity contribution is 6.31. The molecule has 0 radical (unpaired) electrons. The lowest BCUT2D eigenvalue weighted by Gasteiger charge is -2.52. The van der Waals surface area contributed by atoms with E-state index in [2.05, 4.69) is 12.2 Å². The third kappa shape index (κ3) is 1.96. The molecule has 100 valence electrons. The number of imide groups is 1. The normalized spacial score (nSPS) is 34.0. The highest BCUT2D eigenvalue weighted by Gasteiger charge is 2.55. The van der Waals surface area contributed by atoms with Crippen LogP contribution in [0.25, 0.3) is 0 Å². The maximum atomic E-state index is 12.3. The molecule has 2 amide bonds. The van der Waals surface area contributed by atoms with E-state index >= 15 is 0 Å². The fourth-order valence-electron chi connectivity index (χ4n) is 3.84. The van der Waals surface area contributed by atoms with Crippen LogP contribution in [0.4, 0.5) is 0 Å². The summed E-state index contributed by atoms with van der Waals surface area (Å²) in [5.74, 6) is -0.0739. The molecule has 1 atom stereocenters. The van der Waals surface area contributed by atoms with Crippen molar-refractivity contribution >= 4 is 23.4 Å². The highest BCUT2D eigenvalue weighted by Crippen LogP contribution is 2.58. The second-order valence-corrected chi connectivity index (χ2v) is 6.33. The zero-order chi connectivity index (χ0) is 13.6. The van der Waals surface area contributed by atoms with Crippen molar-refractivity contribution in [3.8, 4) is 0 Å². The van der Waals surface area contributed by atoms with E-state index in [9.17, 15) is 9.59 Å². The Balaban J connectivity index is 2.04. The lowest BCUT2D eigenvalue weighted by molar-refractivity contribution is -0.145. The van der Waals surface area contributed by atoms with Crippen LogP contribution in [0.2, 0.25) is 5.02 Å². The molecule has 1 saturated carbocycles. The minimum Gasteiger partial charge on any atom is -0.296 e. The van der Waals surface area contributed by atoms with E-state index in [1.165, 1.54) is 0 Å². The number of nitrogens with one attached hydrogen (secondary N) is 1. The molecule has 19 heavy (non-hydrogen) atoms. The lowest BCUT2D eigenvalue weighted by Crippen LogP contribution is -2.55. The van der Waals surface area contributed by atoms with Crippen molar-refractivity contribution in [3.63, 3.8) is 0 Å². The number of amides is 2. The van der Waals surface area contributed by atoms with E-state index in [1.54, 1.807) is 6.07 Å². The molecule has 1 heterocycles. The van der Waals surface area contributed by atoms with Gasteiger partial charge in [-0.2, -0.15) is 0 Å². The first kappa shape index (κ1) is 12.7. The summed E-state index contributed by atoms with van der Waals surface area (Å²) >= 11 is 6.24. The minimum atomic E-state index is -0.296. The number of halogens is 1. The van der Waals surface area contributed by atoms with E-state index in [0.29, 0.717) is 17.4 Å². The zero-order valence-corrected chi connectivity index (χ0v) is 11.5. The van der Waals surface area contributed by atoms with Crippen LogP contribution in [0.3, 0.4) is 0 Å². The first-order valence-electron chi connectivity index (χ1n) is 6.60. The number of rotatable bonds is 1. The number of benzene rings is 1. The van der Waals surface area contributed by atoms with Crippen molar-refractivity contribution < 1.29 is 9.59 Å². The number of hydrogen-bond acceptors (Lipinski definition) is 2. The van der Waals surface area contributed by atoms with Crippen molar-refractivity contribution in [3.05, 3.63) is 34.9 Å². The lowest BCUT2D eigenvalue weighted by atomic mass is 9.52. The standard InChI is InChI=1S/C15H16ClNO2/c1-9-6-15(7-9)8-12(18)17-14(19)13(15)10-4-2-3-5-11(10)16/h2-5,9,13H,6-8H2,1H3,(H,17,18,19). The fraction of sp³-hybridized carbons (Fsp3) is 0.467. The van der Waals surface area contributed by atoms with E-state index in [1.807, 2.05) is 18.2 Å².